The van der Waals surface area contributed by atoms with Crippen molar-refractivity contribution >= 4 is 47.0 Å². The van der Waals surface area contributed by atoms with Crippen LogP contribution in [-0.2, 0) is 12.7 Å². The number of alkyl halides is 3. The van der Waals surface area contributed by atoms with Gasteiger partial charge in [0.2, 0.25) is 5.95 Å². The third kappa shape index (κ3) is 4.66. The van der Waals surface area contributed by atoms with Gasteiger partial charge in [0.05, 0.1) is 0 Å². The van der Waals surface area contributed by atoms with E-state index in [9.17, 15) is 13.2 Å². The van der Waals surface area contributed by atoms with Gasteiger partial charge in [0, 0.05) is 54.3 Å². The van der Waals surface area contributed by atoms with Crippen molar-refractivity contribution in [2.24, 2.45) is 0 Å². The quantitative estimate of drug-likeness (QED) is 0.313. The Morgan fingerprint density at radius 3 is 2.77 bits per heavy atom. The van der Waals surface area contributed by atoms with Crippen LogP contribution in [0.4, 0.5) is 36.4 Å². The van der Waals surface area contributed by atoms with E-state index in [0.717, 1.165) is 17.1 Å². The third-order valence-electron chi connectivity index (χ3n) is 4.52. The van der Waals surface area contributed by atoms with Gasteiger partial charge in [0.25, 0.3) is 0 Å². The lowest BCUT2D eigenvalue weighted by Gasteiger charge is -2.17. The zero-order valence-corrected chi connectivity index (χ0v) is 17.2. The van der Waals surface area contributed by atoms with Crippen LogP contribution in [0.5, 0.6) is 0 Å². The van der Waals surface area contributed by atoms with E-state index in [1.165, 1.54) is 4.31 Å². The van der Waals surface area contributed by atoms with Crippen LogP contribution in [0.1, 0.15) is 11.1 Å². The van der Waals surface area contributed by atoms with Gasteiger partial charge in [-0.3, -0.25) is 0 Å². The molecule has 160 valence electrons. The minimum Gasteiger partial charge on any atom is -0.365 e. The van der Waals surface area contributed by atoms with Crippen molar-refractivity contribution in [2.45, 2.75) is 12.7 Å². The van der Waals surface area contributed by atoms with Crippen molar-refractivity contribution in [1.82, 2.24) is 19.9 Å². The van der Waals surface area contributed by atoms with Crippen molar-refractivity contribution in [3.05, 3.63) is 66.1 Å². The van der Waals surface area contributed by atoms with Gasteiger partial charge < -0.3 is 19.9 Å². The predicted octanol–water partition coefficient (Wildman–Crippen LogP) is 5.01. The summed E-state index contributed by atoms with van der Waals surface area (Å²) in [5.41, 5.74) is 1.31. The Balaban J connectivity index is 1.62. The highest BCUT2D eigenvalue weighted by Crippen LogP contribution is 2.34. The Bertz CT molecular complexity index is 1210. The monoisotopic (exact) mass is 445 g/mol. The van der Waals surface area contributed by atoms with E-state index in [1.807, 2.05) is 18.2 Å². The van der Waals surface area contributed by atoms with Crippen molar-refractivity contribution < 1.29 is 13.2 Å². The number of aromatic amines is 1. The maximum Gasteiger partial charge on any atom is 0.421 e. The van der Waals surface area contributed by atoms with Crippen molar-refractivity contribution in [3.8, 4) is 0 Å². The molecule has 0 unspecified atom stereocenters. The second-order valence-corrected chi connectivity index (χ2v) is 7.32. The molecule has 11 heteroatoms. The van der Waals surface area contributed by atoms with Crippen LogP contribution in [0.15, 0.2) is 55.0 Å². The molecule has 0 saturated heterocycles. The van der Waals surface area contributed by atoms with Gasteiger partial charge in [-0.05, 0) is 30.3 Å². The zero-order valence-electron chi connectivity index (χ0n) is 16.3. The molecule has 0 saturated carbocycles. The molecule has 4 aromatic rings. The number of nitrogens with one attached hydrogen (secondary N) is 3. The van der Waals surface area contributed by atoms with E-state index < -0.39 is 11.7 Å². The maximum atomic E-state index is 13.5. The summed E-state index contributed by atoms with van der Waals surface area (Å²) in [5.74, 6) is 0.242. The standard InChI is InChI=1S/C20H18F3N7S/c1-30(31)18-13(3-2-7-25-18)10-26-17-15(20(21,22)23)11-27-19(29-17)28-14-4-5-16-12(9-14)6-8-24-16/h2-9,11,24,31H,10H2,1H3,(H2,26,27,28,29). The molecule has 3 heterocycles. The van der Waals surface area contributed by atoms with Crippen LogP contribution in [0, 0.1) is 0 Å². The number of thiol groups is 1. The summed E-state index contributed by atoms with van der Waals surface area (Å²) in [7, 11) is 1.68. The van der Waals surface area contributed by atoms with Crippen molar-refractivity contribution in [2.75, 3.05) is 22.0 Å². The molecule has 0 radical (unpaired) electrons. The molecule has 0 amide bonds. The Hall–Kier alpha value is -3.47. The number of nitrogens with zero attached hydrogens (tertiary/aromatic N) is 4. The lowest BCUT2D eigenvalue weighted by atomic mass is 10.2. The first-order valence-electron chi connectivity index (χ1n) is 9.20. The summed E-state index contributed by atoms with van der Waals surface area (Å²) in [6.45, 7) is 0.0723. The average molecular weight is 445 g/mol. The van der Waals surface area contributed by atoms with Crippen LogP contribution in [0.3, 0.4) is 0 Å². The molecule has 3 N–H and O–H groups in total. The molecule has 0 aliphatic rings. The summed E-state index contributed by atoms with van der Waals surface area (Å²) < 4.78 is 42.0. The number of hydrogen-bond acceptors (Lipinski definition) is 7. The molecule has 7 nitrogen and oxygen atoms in total. The Morgan fingerprint density at radius 1 is 1.16 bits per heavy atom. The summed E-state index contributed by atoms with van der Waals surface area (Å²) >= 11 is 4.22. The van der Waals surface area contributed by atoms with Gasteiger partial charge in [-0.2, -0.15) is 18.2 Å². The second kappa shape index (κ2) is 8.34. The van der Waals surface area contributed by atoms with Crippen LogP contribution in [-0.4, -0.2) is 27.0 Å². The van der Waals surface area contributed by atoms with E-state index in [4.69, 9.17) is 0 Å². The lowest BCUT2D eigenvalue weighted by Crippen LogP contribution is -2.15. The van der Waals surface area contributed by atoms with Gasteiger partial charge in [-0.25, -0.2) is 9.97 Å². The Kier molecular flexibility index (Phi) is 5.59. The first-order chi connectivity index (χ1) is 14.8. The van der Waals surface area contributed by atoms with Gasteiger partial charge >= 0.3 is 6.18 Å². The first kappa shape index (κ1) is 20.8. The highest BCUT2D eigenvalue weighted by atomic mass is 32.1. The molecule has 1 aromatic carbocycles. The molecule has 4 rings (SSSR count). The van der Waals surface area contributed by atoms with Crippen LogP contribution >= 0.6 is 12.8 Å². The molecule has 31 heavy (non-hydrogen) atoms. The number of hydrogen-bond donors (Lipinski definition) is 4. The van der Waals surface area contributed by atoms with E-state index in [0.29, 0.717) is 17.1 Å². The molecule has 0 fully saturated rings. The summed E-state index contributed by atoms with van der Waals surface area (Å²) in [4.78, 5) is 15.2. The highest BCUT2D eigenvalue weighted by molar-refractivity contribution is 7.81. The lowest BCUT2D eigenvalue weighted by molar-refractivity contribution is -0.137. The number of anilines is 4. The van der Waals surface area contributed by atoms with Gasteiger partial charge in [-0.15, -0.1) is 0 Å². The number of H-pyrrole nitrogens is 1. The topological polar surface area (TPSA) is 81.8 Å². The highest BCUT2D eigenvalue weighted by Gasteiger charge is 2.35. The minimum absolute atomic E-state index is 0.0445. The van der Waals surface area contributed by atoms with Gasteiger partial charge in [0.15, 0.2) is 0 Å². The molecule has 0 spiro atoms. The summed E-state index contributed by atoms with van der Waals surface area (Å²) in [6, 6.07) is 10.8. The normalized spacial score (nSPS) is 11.5. The molecule has 0 bridgehead atoms. The third-order valence-corrected chi connectivity index (χ3v) is 4.71. The molecule has 0 aliphatic heterocycles. The smallest absolute Gasteiger partial charge is 0.365 e. The SMILES string of the molecule is CN(S)c1ncccc1CNc1nc(Nc2ccc3[nH]ccc3c2)ncc1C(F)(F)F. The molecule has 3 aromatic heterocycles. The van der Waals surface area contributed by atoms with Crippen molar-refractivity contribution in [3.63, 3.8) is 0 Å². The van der Waals surface area contributed by atoms with Crippen molar-refractivity contribution in [1.29, 1.82) is 0 Å². The minimum atomic E-state index is -4.61. The van der Waals surface area contributed by atoms with Crippen LogP contribution < -0.4 is 14.9 Å². The number of halogens is 3. The number of rotatable bonds is 6. The fourth-order valence-corrected chi connectivity index (χ4v) is 3.26. The zero-order chi connectivity index (χ0) is 22.0. The number of benzene rings is 1. The average Bonchev–Trinajstić information content (AvgIpc) is 3.19. The number of aromatic nitrogens is 4. The van der Waals surface area contributed by atoms with Gasteiger partial charge in [-0.1, -0.05) is 18.9 Å². The fourth-order valence-electron chi connectivity index (χ4n) is 3.08. The largest absolute Gasteiger partial charge is 0.421 e. The van der Waals surface area contributed by atoms with E-state index >= 15 is 0 Å². The van der Waals surface area contributed by atoms with Crippen LogP contribution in [0.2, 0.25) is 0 Å². The number of fused-ring (bicyclic) bond motifs is 1. The van der Waals surface area contributed by atoms with Crippen LogP contribution in [0.25, 0.3) is 10.9 Å². The maximum absolute atomic E-state index is 13.5. The van der Waals surface area contributed by atoms with E-state index in [1.54, 1.807) is 37.6 Å². The van der Waals surface area contributed by atoms with E-state index in [2.05, 4.69) is 43.4 Å². The molecular weight excluding hydrogens is 427 g/mol. The first-order valence-corrected chi connectivity index (χ1v) is 9.60. The summed E-state index contributed by atoms with van der Waals surface area (Å²) in [6.07, 6.45) is -0.453. The molecule has 0 aliphatic carbocycles. The van der Waals surface area contributed by atoms with Gasteiger partial charge in [0.1, 0.15) is 17.2 Å². The number of pyridine rings is 1. The second-order valence-electron chi connectivity index (χ2n) is 6.72. The van der Waals surface area contributed by atoms with E-state index in [-0.39, 0.29) is 18.3 Å². The predicted molar refractivity (Wildman–Crippen MR) is 118 cm³/mol. The summed E-state index contributed by atoms with van der Waals surface area (Å²) in [5, 5.41) is 6.68. The fraction of sp³-hybridized carbons (Fsp3) is 0.150. The molecule has 0 atom stereocenters. The molecular formula is C20H18F3N7S. The Morgan fingerprint density at radius 2 is 2.00 bits per heavy atom. The Labute approximate surface area is 181 Å².